The second kappa shape index (κ2) is 10.3. The van der Waals surface area contributed by atoms with Gasteiger partial charge in [0.2, 0.25) is 5.91 Å². The third-order valence-corrected chi connectivity index (χ3v) is 6.48. The number of halogens is 1. The van der Waals surface area contributed by atoms with E-state index in [1.807, 2.05) is 41.3 Å². The summed E-state index contributed by atoms with van der Waals surface area (Å²) in [4.78, 5) is 25.8. The Morgan fingerprint density at radius 1 is 1.06 bits per heavy atom. The number of hydrogen-bond donors (Lipinski definition) is 0. The Morgan fingerprint density at radius 3 is 2.60 bits per heavy atom. The van der Waals surface area contributed by atoms with Gasteiger partial charge in [-0.3, -0.25) is 4.79 Å². The van der Waals surface area contributed by atoms with E-state index in [0.717, 1.165) is 34.7 Å². The van der Waals surface area contributed by atoms with E-state index >= 15 is 0 Å². The molecule has 0 atom stereocenters. The number of amides is 1. The van der Waals surface area contributed by atoms with Crippen LogP contribution in [-0.4, -0.2) is 63.3 Å². The van der Waals surface area contributed by atoms with Gasteiger partial charge in [0.15, 0.2) is 5.65 Å². The fourth-order valence-corrected chi connectivity index (χ4v) is 4.47. The Bertz CT molecular complexity index is 1320. The molecule has 1 aliphatic rings. The second-order valence-electron chi connectivity index (χ2n) is 8.43. The number of carbonyl (C=O) groups is 1. The maximum atomic E-state index is 12.7. The van der Waals surface area contributed by atoms with Crippen LogP contribution in [0.2, 0.25) is 5.02 Å². The minimum absolute atomic E-state index is 0.108. The van der Waals surface area contributed by atoms with E-state index in [0.29, 0.717) is 44.2 Å². The maximum absolute atomic E-state index is 12.7. The summed E-state index contributed by atoms with van der Waals surface area (Å²) in [6.45, 7) is 5.16. The molecule has 180 valence electrons. The highest BCUT2D eigenvalue weighted by atomic mass is 35.5. The third kappa shape index (κ3) is 5.07. The normalized spacial score (nSPS) is 13.9. The van der Waals surface area contributed by atoms with Crippen LogP contribution in [-0.2, 0) is 11.2 Å². The van der Waals surface area contributed by atoms with Crippen molar-refractivity contribution in [2.45, 2.75) is 19.8 Å². The number of ether oxygens (including phenoxy) is 1. The maximum Gasteiger partial charge on any atom is 0.226 e. The van der Waals surface area contributed by atoms with Crippen LogP contribution in [0.1, 0.15) is 18.9 Å². The summed E-state index contributed by atoms with van der Waals surface area (Å²) >= 11 is 6.16. The smallest absolute Gasteiger partial charge is 0.226 e. The van der Waals surface area contributed by atoms with E-state index in [1.54, 1.807) is 17.2 Å². The lowest BCUT2D eigenvalue weighted by atomic mass is 10.2. The predicted molar refractivity (Wildman–Crippen MR) is 136 cm³/mol. The first-order valence-electron chi connectivity index (χ1n) is 11.8. The number of fused-ring (bicyclic) bond motifs is 1. The summed E-state index contributed by atoms with van der Waals surface area (Å²) in [7, 11) is 0. The summed E-state index contributed by atoms with van der Waals surface area (Å²) in [6.07, 6.45) is 4.70. The van der Waals surface area contributed by atoms with Crippen molar-refractivity contribution in [1.29, 1.82) is 0 Å². The summed E-state index contributed by atoms with van der Waals surface area (Å²) in [5, 5.41) is 6.03. The van der Waals surface area contributed by atoms with Crippen molar-refractivity contribution < 1.29 is 9.53 Å². The van der Waals surface area contributed by atoms with E-state index in [2.05, 4.69) is 39.0 Å². The lowest BCUT2D eigenvalue weighted by molar-refractivity contribution is -0.132. The van der Waals surface area contributed by atoms with Crippen molar-refractivity contribution >= 4 is 34.4 Å². The van der Waals surface area contributed by atoms with Crippen molar-refractivity contribution in [3.8, 4) is 11.4 Å². The average molecular weight is 491 g/mol. The Kier molecular flexibility index (Phi) is 6.81. The van der Waals surface area contributed by atoms with Crippen LogP contribution in [0.4, 0.5) is 5.82 Å². The van der Waals surface area contributed by atoms with E-state index in [-0.39, 0.29) is 5.91 Å². The van der Waals surface area contributed by atoms with E-state index in [1.165, 1.54) is 5.56 Å². The van der Waals surface area contributed by atoms with Gasteiger partial charge in [0.1, 0.15) is 17.9 Å². The molecule has 0 unspecified atom stereocenters. The molecule has 0 radical (unpaired) electrons. The van der Waals surface area contributed by atoms with Gasteiger partial charge in [-0.1, -0.05) is 36.7 Å². The number of aryl methyl sites for hydroxylation is 1. The Balaban J connectivity index is 1.19. The predicted octanol–water partition coefficient (Wildman–Crippen LogP) is 4.15. The molecule has 0 N–H and O–H groups in total. The molecule has 8 nitrogen and oxygen atoms in total. The first-order chi connectivity index (χ1) is 17.1. The molecule has 9 heteroatoms. The Morgan fingerprint density at radius 2 is 1.86 bits per heavy atom. The van der Waals surface area contributed by atoms with E-state index in [9.17, 15) is 4.79 Å². The molecular formula is C26H27ClN6O2. The molecule has 0 aliphatic carbocycles. The Labute approximate surface area is 209 Å². The van der Waals surface area contributed by atoms with Crippen LogP contribution in [0.25, 0.3) is 16.7 Å². The molecule has 4 aromatic rings. The summed E-state index contributed by atoms with van der Waals surface area (Å²) < 4.78 is 7.53. The summed E-state index contributed by atoms with van der Waals surface area (Å²) in [6, 6.07) is 15.5. The monoisotopic (exact) mass is 490 g/mol. The topological polar surface area (TPSA) is 76.4 Å². The van der Waals surface area contributed by atoms with Gasteiger partial charge in [-0.15, -0.1) is 0 Å². The zero-order chi connectivity index (χ0) is 24.2. The van der Waals surface area contributed by atoms with Crippen molar-refractivity contribution in [2.24, 2.45) is 0 Å². The van der Waals surface area contributed by atoms with Gasteiger partial charge in [0.25, 0.3) is 0 Å². The summed E-state index contributed by atoms with van der Waals surface area (Å²) in [5.74, 6) is 1.73. The molecule has 2 aromatic carbocycles. The molecule has 0 bridgehead atoms. The number of aromatic nitrogens is 4. The highest BCUT2D eigenvalue weighted by molar-refractivity contribution is 6.30. The van der Waals surface area contributed by atoms with E-state index < -0.39 is 0 Å². The quantitative estimate of drug-likeness (QED) is 0.387. The number of rotatable bonds is 7. The number of anilines is 1. The minimum Gasteiger partial charge on any atom is -0.493 e. The fraction of sp³-hybridized carbons (Fsp3) is 0.308. The zero-order valence-electron chi connectivity index (χ0n) is 19.6. The first-order valence-corrected chi connectivity index (χ1v) is 12.2. The molecule has 0 saturated carbocycles. The molecule has 2 aromatic heterocycles. The van der Waals surface area contributed by atoms with Gasteiger partial charge >= 0.3 is 0 Å². The van der Waals surface area contributed by atoms with Gasteiger partial charge in [-0.2, -0.15) is 5.10 Å². The van der Waals surface area contributed by atoms with Gasteiger partial charge in [-0.25, -0.2) is 14.6 Å². The lowest BCUT2D eigenvalue weighted by Crippen LogP contribution is -2.49. The number of nitrogens with zero attached hydrogens (tertiary/aromatic N) is 6. The SMILES string of the molecule is CCc1ccc(OCCC(=O)N2CCN(c3ncnc4c3cnn4-c3cccc(Cl)c3)CC2)cc1. The molecule has 3 heterocycles. The average Bonchev–Trinajstić information content (AvgIpc) is 3.34. The molecular weight excluding hydrogens is 464 g/mol. The van der Waals surface area contributed by atoms with Crippen molar-refractivity contribution in [3.05, 3.63) is 71.6 Å². The molecule has 1 fully saturated rings. The van der Waals surface area contributed by atoms with Gasteiger partial charge in [-0.05, 0) is 42.3 Å². The first kappa shape index (κ1) is 23.1. The van der Waals surface area contributed by atoms with Crippen molar-refractivity contribution in [2.75, 3.05) is 37.7 Å². The van der Waals surface area contributed by atoms with Crippen molar-refractivity contribution in [1.82, 2.24) is 24.6 Å². The Hall–Kier alpha value is -3.65. The molecule has 1 amide bonds. The van der Waals surface area contributed by atoms with Crippen LogP contribution >= 0.6 is 11.6 Å². The zero-order valence-corrected chi connectivity index (χ0v) is 20.4. The lowest BCUT2D eigenvalue weighted by Gasteiger charge is -2.35. The van der Waals surface area contributed by atoms with Crippen LogP contribution in [0.3, 0.4) is 0 Å². The van der Waals surface area contributed by atoms with Crippen molar-refractivity contribution in [3.63, 3.8) is 0 Å². The van der Waals surface area contributed by atoms with Crippen LogP contribution in [0, 0.1) is 0 Å². The largest absolute Gasteiger partial charge is 0.493 e. The van der Waals surface area contributed by atoms with Crippen LogP contribution in [0.5, 0.6) is 5.75 Å². The van der Waals surface area contributed by atoms with Crippen LogP contribution in [0.15, 0.2) is 61.1 Å². The van der Waals surface area contributed by atoms with Gasteiger partial charge in [0, 0.05) is 31.2 Å². The molecule has 35 heavy (non-hydrogen) atoms. The molecule has 5 rings (SSSR count). The molecule has 1 aliphatic heterocycles. The number of hydrogen-bond acceptors (Lipinski definition) is 6. The van der Waals surface area contributed by atoms with Gasteiger partial charge < -0.3 is 14.5 Å². The fourth-order valence-electron chi connectivity index (χ4n) is 4.28. The number of benzene rings is 2. The number of piperazine rings is 1. The number of carbonyl (C=O) groups excluding carboxylic acids is 1. The minimum atomic E-state index is 0.108. The summed E-state index contributed by atoms with van der Waals surface area (Å²) in [5.41, 5.74) is 2.83. The second-order valence-corrected chi connectivity index (χ2v) is 8.87. The highest BCUT2D eigenvalue weighted by Crippen LogP contribution is 2.26. The van der Waals surface area contributed by atoms with Crippen LogP contribution < -0.4 is 9.64 Å². The molecule has 1 saturated heterocycles. The van der Waals surface area contributed by atoms with E-state index in [4.69, 9.17) is 16.3 Å². The highest BCUT2D eigenvalue weighted by Gasteiger charge is 2.24. The third-order valence-electron chi connectivity index (χ3n) is 6.25. The van der Waals surface area contributed by atoms with Gasteiger partial charge in [0.05, 0.1) is 30.3 Å². The standard InChI is InChI=1S/C26H27ClN6O2/c1-2-19-6-8-22(9-7-19)35-15-10-24(34)31-11-13-32(14-12-31)25-23-17-30-33(26(23)29-18-28-25)21-5-3-4-20(27)16-21/h3-9,16-18H,2,10-15H2,1H3. The molecule has 0 spiro atoms.